The van der Waals surface area contributed by atoms with E-state index in [9.17, 15) is 8.76 Å². The Hall–Kier alpha value is -0.870. The van der Waals surface area contributed by atoms with E-state index in [4.69, 9.17) is 4.74 Å². The molecule has 4 heteroatoms. The van der Waals surface area contributed by atoms with Crippen molar-refractivity contribution >= 4 is 11.1 Å². The zero-order valence-electron chi connectivity index (χ0n) is 5.94. The minimum absolute atomic E-state index is 0.190. The van der Waals surface area contributed by atoms with Gasteiger partial charge in [0, 0.05) is 0 Å². The molecule has 0 bridgehead atoms. The van der Waals surface area contributed by atoms with E-state index >= 15 is 0 Å². The first kappa shape index (κ1) is 8.23. The number of methoxy groups -OCH3 is 1. The van der Waals surface area contributed by atoms with Gasteiger partial charge in [0.1, 0.15) is 5.75 Å². The highest BCUT2D eigenvalue weighted by atomic mass is 32.2. The van der Waals surface area contributed by atoms with Gasteiger partial charge >= 0.3 is 0 Å². The Morgan fingerprint density at radius 2 is 2.09 bits per heavy atom. The first-order valence-corrected chi connectivity index (χ1v) is 4.05. The van der Waals surface area contributed by atoms with Crippen LogP contribution in [0, 0.1) is 0 Å². The summed E-state index contributed by atoms with van der Waals surface area (Å²) in [5, 5.41) is 0. The molecule has 0 heterocycles. The average Bonchev–Trinajstić information content (AvgIpc) is 2.04. The van der Waals surface area contributed by atoms with Crippen LogP contribution in [0.4, 0.5) is 0 Å². The fraction of sp³-hybridized carbons (Fsp3) is 0.143. The van der Waals surface area contributed by atoms with Crippen LogP contribution < -0.4 is 4.74 Å². The first-order valence-electron chi connectivity index (χ1n) is 2.98. The Bertz CT molecular complexity index is 272. The van der Waals surface area contributed by atoms with E-state index in [-0.39, 0.29) is 4.90 Å². The average molecular weight is 171 g/mol. The normalized spacial score (nSPS) is 12.5. The molecule has 0 N–H and O–H groups in total. The van der Waals surface area contributed by atoms with Gasteiger partial charge in [0.05, 0.1) is 12.0 Å². The maximum atomic E-state index is 10.5. The van der Waals surface area contributed by atoms with E-state index in [0.29, 0.717) is 5.75 Å². The predicted octanol–water partition coefficient (Wildman–Crippen LogP) is 0.933. The van der Waals surface area contributed by atoms with Crippen LogP contribution in [0.2, 0.25) is 0 Å². The Balaban J connectivity index is 3.12. The molecule has 1 aromatic rings. The monoisotopic (exact) mass is 171 g/mol. The molecule has 0 aliphatic rings. The van der Waals surface area contributed by atoms with Crippen molar-refractivity contribution in [2.75, 3.05) is 7.11 Å². The van der Waals surface area contributed by atoms with Crippen molar-refractivity contribution in [2.24, 2.45) is 0 Å². The fourth-order valence-electron chi connectivity index (χ4n) is 0.756. The van der Waals surface area contributed by atoms with Crippen LogP contribution in [0.3, 0.4) is 0 Å². The summed E-state index contributed by atoms with van der Waals surface area (Å²) in [7, 11) is 1.44. The Kier molecular flexibility index (Phi) is 2.62. The van der Waals surface area contributed by atoms with Gasteiger partial charge < -0.3 is 9.29 Å². The Morgan fingerprint density at radius 1 is 1.45 bits per heavy atom. The SMILES string of the molecule is COc1ccccc1S(=O)[O-]. The van der Waals surface area contributed by atoms with Crippen molar-refractivity contribution in [3.05, 3.63) is 24.3 Å². The van der Waals surface area contributed by atoms with E-state index in [2.05, 4.69) is 0 Å². The van der Waals surface area contributed by atoms with Crippen LogP contribution >= 0.6 is 0 Å². The highest BCUT2D eigenvalue weighted by molar-refractivity contribution is 7.79. The lowest BCUT2D eigenvalue weighted by atomic mass is 10.3. The van der Waals surface area contributed by atoms with Gasteiger partial charge in [-0.2, -0.15) is 0 Å². The zero-order valence-corrected chi connectivity index (χ0v) is 6.76. The number of rotatable bonds is 2. The highest BCUT2D eigenvalue weighted by Crippen LogP contribution is 2.19. The standard InChI is InChI=1S/C7H8O3S/c1-10-6-4-2-3-5-7(6)11(8)9/h2-5H,1H3,(H,8,9)/p-1. The molecule has 0 aliphatic heterocycles. The number of para-hydroxylation sites is 1. The van der Waals surface area contributed by atoms with E-state index in [1.807, 2.05) is 0 Å². The van der Waals surface area contributed by atoms with Crippen LogP contribution in [-0.4, -0.2) is 15.9 Å². The van der Waals surface area contributed by atoms with Crippen molar-refractivity contribution < 1.29 is 13.5 Å². The summed E-state index contributed by atoms with van der Waals surface area (Å²) in [6, 6.07) is 6.45. The van der Waals surface area contributed by atoms with Gasteiger partial charge in [-0.05, 0) is 23.2 Å². The van der Waals surface area contributed by atoms with Crippen molar-refractivity contribution in [3.8, 4) is 5.75 Å². The van der Waals surface area contributed by atoms with E-state index in [1.54, 1.807) is 18.2 Å². The lowest BCUT2D eigenvalue weighted by Crippen LogP contribution is -1.93. The summed E-state index contributed by atoms with van der Waals surface area (Å²) in [6.45, 7) is 0. The summed E-state index contributed by atoms with van der Waals surface area (Å²) >= 11 is -2.22. The molecule has 1 rings (SSSR count). The van der Waals surface area contributed by atoms with E-state index in [1.165, 1.54) is 13.2 Å². The second-order valence-electron chi connectivity index (χ2n) is 1.89. The van der Waals surface area contributed by atoms with Crippen LogP contribution in [0.25, 0.3) is 0 Å². The van der Waals surface area contributed by atoms with Crippen molar-refractivity contribution in [3.63, 3.8) is 0 Å². The fourth-order valence-corrected chi connectivity index (χ4v) is 1.26. The van der Waals surface area contributed by atoms with Gasteiger partial charge in [-0.3, -0.25) is 4.21 Å². The third kappa shape index (κ3) is 1.78. The molecular weight excluding hydrogens is 164 g/mol. The van der Waals surface area contributed by atoms with Crippen LogP contribution in [0.5, 0.6) is 5.75 Å². The predicted molar refractivity (Wildman–Crippen MR) is 40.2 cm³/mol. The maximum Gasteiger partial charge on any atom is 0.133 e. The van der Waals surface area contributed by atoms with Gasteiger partial charge in [0.15, 0.2) is 0 Å². The van der Waals surface area contributed by atoms with Crippen molar-refractivity contribution in [1.82, 2.24) is 0 Å². The van der Waals surface area contributed by atoms with Crippen LogP contribution in [-0.2, 0) is 11.1 Å². The largest absolute Gasteiger partial charge is 0.768 e. The van der Waals surface area contributed by atoms with Gasteiger partial charge in [0.25, 0.3) is 0 Å². The van der Waals surface area contributed by atoms with E-state index < -0.39 is 11.1 Å². The van der Waals surface area contributed by atoms with Crippen LogP contribution in [0.15, 0.2) is 29.2 Å². The Morgan fingerprint density at radius 3 is 2.55 bits per heavy atom. The van der Waals surface area contributed by atoms with Crippen LogP contribution in [0.1, 0.15) is 0 Å². The number of hydrogen-bond acceptors (Lipinski definition) is 3. The zero-order chi connectivity index (χ0) is 8.27. The summed E-state index contributed by atoms with van der Waals surface area (Å²) in [4.78, 5) is 0.190. The molecule has 0 aliphatic carbocycles. The molecule has 0 saturated heterocycles. The number of benzene rings is 1. The summed E-state index contributed by atoms with van der Waals surface area (Å²) < 4.78 is 25.8. The van der Waals surface area contributed by atoms with Crippen molar-refractivity contribution in [2.45, 2.75) is 4.90 Å². The Labute approximate surface area is 67.3 Å². The second kappa shape index (κ2) is 3.50. The maximum absolute atomic E-state index is 10.5. The van der Waals surface area contributed by atoms with Crippen molar-refractivity contribution in [1.29, 1.82) is 0 Å². The molecule has 0 aromatic heterocycles. The highest BCUT2D eigenvalue weighted by Gasteiger charge is 1.99. The first-order chi connectivity index (χ1) is 5.25. The molecule has 0 spiro atoms. The minimum atomic E-state index is -2.22. The molecule has 0 fully saturated rings. The molecule has 1 unspecified atom stereocenters. The van der Waals surface area contributed by atoms with Gasteiger partial charge in [-0.25, -0.2) is 0 Å². The lowest BCUT2D eigenvalue weighted by Gasteiger charge is -2.09. The molecule has 0 radical (unpaired) electrons. The topological polar surface area (TPSA) is 49.4 Å². The summed E-state index contributed by atoms with van der Waals surface area (Å²) in [6.07, 6.45) is 0. The number of ether oxygens (including phenoxy) is 1. The molecule has 1 aromatic carbocycles. The molecule has 3 nitrogen and oxygen atoms in total. The summed E-state index contributed by atoms with van der Waals surface area (Å²) in [5.41, 5.74) is 0. The van der Waals surface area contributed by atoms with Gasteiger partial charge in [-0.1, -0.05) is 12.1 Å². The smallest absolute Gasteiger partial charge is 0.133 e. The molecule has 11 heavy (non-hydrogen) atoms. The molecule has 0 saturated carbocycles. The minimum Gasteiger partial charge on any atom is -0.768 e. The lowest BCUT2D eigenvalue weighted by molar-refractivity contribution is 0.401. The number of hydrogen-bond donors (Lipinski definition) is 0. The molecule has 1 atom stereocenters. The summed E-state index contributed by atoms with van der Waals surface area (Å²) in [5.74, 6) is 0.376. The quantitative estimate of drug-likeness (QED) is 0.622. The molecule has 60 valence electrons. The van der Waals surface area contributed by atoms with E-state index in [0.717, 1.165) is 0 Å². The van der Waals surface area contributed by atoms with Gasteiger partial charge in [-0.15, -0.1) is 0 Å². The third-order valence-electron chi connectivity index (χ3n) is 1.25. The van der Waals surface area contributed by atoms with Gasteiger partial charge in [0.2, 0.25) is 0 Å². The third-order valence-corrected chi connectivity index (χ3v) is 1.95. The molecule has 0 amide bonds. The second-order valence-corrected chi connectivity index (χ2v) is 2.79. The molecular formula is C7H7O3S-.